The zero-order valence-electron chi connectivity index (χ0n) is 14.6. The molecule has 0 radical (unpaired) electrons. The van der Waals surface area contributed by atoms with E-state index in [4.69, 9.17) is 21.7 Å². The van der Waals surface area contributed by atoms with E-state index in [0.717, 1.165) is 9.37 Å². The number of methoxy groups -OCH3 is 1. The maximum Gasteiger partial charge on any atom is 0.325 e. The van der Waals surface area contributed by atoms with Crippen molar-refractivity contribution in [2.75, 3.05) is 26.9 Å². The Morgan fingerprint density at radius 3 is 2.54 bits per heavy atom. The van der Waals surface area contributed by atoms with Crippen LogP contribution in [0.1, 0.15) is 19.4 Å². The average molecular weight is 443 g/mol. The number of amides is 1. The number of benzene rings is 1. The summed E-state index contributed by atoms with van der Waals surface area (Å²) in [4.78, 5) is 25.1. The van der Waals surface area contributed by atoms with E-state index in [-0.39, 0.29) is 17.4 Å². The van der Waals surface area contributed by atoms with E-state index in [1.807, 2.05) is 13.8 Å². The normalized spacial score (nSPS) is 15.2. The van der Waals surface area contributed by atoms with Crippen LogP contribution >= 0.6 is 28.1 Å². The maximum absolute atomic E-state index is 12.5. The summed E-state index contributed by atoms with van der Waals surface area (Å²) in [5, 5.41) is 2.97. The first-order chi connectivity index (χ1) is 12.4. The summed E-state index contributed by atoms with van der Waals surface area (Å²) in [7, 11) is 1.25. The lowest BCUT2D eigenvalue weighted by molar-refractivity contribution is -0.143. The molecule has 9 heteroatoms. The van der Waals surface area contributed by atoms with Gasteiger partial charge >= 0.3 is 5.97 Å². The van der Waals surface area contributed by atoms with Crippen molar-refractivity contribution >= 4 is 51.2 Å². The molecule has 26 heavy (non-hydrogen) atoms. The van der Waals surface area contributed by atoms with Gasteiger partial charge in [-0.2, -0.15) is 0 Å². The number of nitrogens with zero attached hydrogens (tertiary/aromatic N) is 1. The fraction of sp³-hybridized carbons (Fsp3) is 0.353. The molecule has 1 aromatic carbocycles. The molecule has 0 saturated carbocycles. The zero-order chi connectivity index (χ0) is 19.3. The van der Waals surface area contributed by atoms with E-state index >= 15 is 0 Å². The zero-order valence-corrected chi connectivity index (χ0v) is 17.0. The van der Waals surface area contributed by atoms with Crippen molar-refractivity contribution in [2.24, 2.45) is 0 Å². The second-order valence-corrected chi connectivity index (χ2v) is 6.38. The molecule has 1 fully saturated rings. The fourth-order valence-electron chi connectivity index (χ4n) is 2.27. The summed E-state index contributed by atoms with van der Waals surface area (Å²) in [6.45, 7) is 4.48. The van der Waals surface area contributed by atoms with Gasteiger partial charge in [0.1, 0.15) is 23.7 Å². The van der Waals surface area contributed by atoms with Crippen LogP contribution in [0.4, 0.5) is 0 Å². The average Bonchev–Trinajstić information content (AvgIpc) is 2.86. The van der Waals surface area contributed by atoms with Crippen LogP contribution < -0.4 is 14.8 Å². The lowest BCUT2D eigenvalue weighted by atomic mass is 10.1. The maximum atomic E-state index is 12.5. The summed E-state index contributed by atoms with van der Waals surface area (Å²) in [6.07, 6.45) is 1.62. The van der Waals surface area contributed by atoms with Gasteiger partial charge in [0.05, 0.1) is 24.8 Å². The van der Waals surface area contributed by atoms with Crippen molar-refractivity contribution in [2.45, 2.75) is 13.8 Å². The Kier molecular flexibility index (Phi) is 6.98. The van der Waals surface area contributed by atoms with Gasteiger partial charge in [-0.1, -0.05) is 0 Å². The standard InChI is InChI=1S/C17H19BrN2O5S/c1-4-24-13-8-14(25-5-2)11(18)6-10(13)7-12-16(22)20(17(26)19-12)9-15(21)23-3/h6-8H,4-5,9H2,1-3H3,(H,19,26)/b12-7-. The highest BCUT2D eigenvalue weighted by molar-refractivity contribution is 9.10. The van der Waals surface area contributed by atoms with Crippen LogP contribution in [0.3, 0.4) is 0 Å². The molecule has 140 valence electrons. The van der Waals surface area contributed by atoms with Crippen molar-refractivity contribution in [3.63, 3.8) is 0 Å². The van der Waals surface area contributed by atoms with E-state index in [9.17, 15) is 9.59 Å². The van der Waals surface area contributed by atoms with Gasteiger partial charge in [-0.15, -0.1) is 0 Å². The molecular formula is C17H19BrN2O5S. The third-order valence-electron chi connectivity index (χ3n) is 3.44. The van der Waals surface area contributed by atoms with Crippen molar-refractivity contribution in [3.8, 4) is 11.5 Å². The molecule has 2 rings (SSSR count). The molecule has 0 aliphatic carbocycles. The van der Waals surface area contributed by atoms with E-state index < -0.39 is 11.9 Å². The number of thiocarbonyl (C=S) groups is 1. The molecule has 0 unspecified atom stereocenters. The third kappa shape index (κ3) is 4.53. The van der Waals surface area contributed by atoms with Crippen molar-refractivity contribution in [1.29, 1.82) is 0 Å². The van der Waals surface area contributed by atoms with Crippen LogP contribution in [-0.4, -0.2) is 48.8 Å². The second-order valence-electron chi connectivity index (χ2n) is 5.14. The fourth-order valence-corrected chi connectivity index (χ4v) is 3.01. The predicted octanol–water partition coefficient (Wildman–Crippen LogP) is 2.48. The Labute approximate surface area is 165 Å². The topological polar surface area (TPSA) is 77.1 Å². The number of ether oxygens (including phenoxy) is 3. The van der Waals surface area contributed by atoms with Crippen LogP contribution in [0.15, 0.2) is 22.3 Å². The molecule has 0 aromatic heterocycles. The second kappa shape index (κ2) is 9.00. The summed E-state index contributed by atoms with van der Waals surface area (Å²) in [6, 6.07) is 3.55. The Balaban J connectivity index is 2.36. The van der Waals surface area contributed by atoms with E-state index in [1.54, 1.807) is 18.2 Å². The number of esters is 1. The van der Waals surface area contributed by atoms with Gasteiger partial charge in [-0.3, -0.25) is 14.5 Å². The molecule has 0 bridgehead atoms. The van der Waals surface area contributed by atoms with Gasteiger partial charge in [0, 0.05) is 11.6 Å². The summed E-state index contributed by atoms with van der Waals surface area (Å²) >= 11 is 8.58. The first kappa shape index (κ1) is 20.2. The molecule has 1 aliphatic rings. The van der Waals surface area contributed by atoms with Gasteiger partial charge in [0.2, 0.25) is 0 Å². The van der Waals surface area contributed by atoms with Crippen LogP contribution in [0.5, 0.6) is 11.5 Å². The number of rotatable bonds is 7. The number of hydrogen-bond donors (Lipinski definition) is 1. The van der Waals surface area contributed by atoms with E-state index in [2.05, 4.69) is 26.0 Å². The number of nitrogens with one attached hydrogen (secondary N) is 1. The quantitative estimate of drug-likeness (QED) is 0.394. The Hall–Kier alpha value is -2.13. The molecule has 1 N–H and O–H groups in total. The first-order valence-corrected chi connectivity index (χ1v) is 9.11. The highest BCUT2D eigenvalue weighted by Crippen LogP contribution is 2.34. The minimum atomic E-state index is -0.553. The van der Waals surface area contributed by atoms with Crippen LogP contribution in [-0.2, 0) is 14.3 Å². The Bertz CT molecular complexity index is 766. The van der Waals surface area contributed by atoms with Gasteiger partial charge < -0.3 is 19.5 Å². The summed E-state index contributed by atoms with van der Waals surface area (Å²) < 4.78 is 16.5. The lowest BCUT2D eigenvalue weighted by Crippen LogP contribution is -2.35. The van der Waals surface area contributed by atoms with Crippen molar-refractivity contribution in [3.05, 3.63) is 27.9 Å². The van der Waals surface area contributed by atoms with Gasteiger partial charge in [0.15, 0.2) is 5.11 Å². The smallest absolute Gasteiger partial charge is 0.325 e. The molecular weight excluding hydrogens is 424 g/mol. The van der Waals surface area contributed by atoms with Crippen LogP contribution in [0, 0.1) is 0 Å². The molecule has 1 aromatic rings. The van der Waals surface area contributed by atoms with Gasteiger partial charge in [-0.05, 0) is 54.1 Å². The SMILES string of the molecule is CCOc1cc(OCC)c(/C=C2\NC(=S)N(CC(=O)OC)C2=O)cc1Br. The summed E-state index contributed by atoms with van der Waals surface area (Å²) in [5.41, 5.74) is 0.914. The summed E-state index contributed by atoms with van der Waals surface area (Å²) in [5.74, 6) is 0.251. The molecule has 1 aliphatic heterocycles. The molecule has 7 nitrogen and oxygen atoms in total. The largest absolute Gasteiger partial charge is 0.493 e. The van der Waals surface area contributed by atoms with Crippen molar-refractivity contribution < 1.29 is 23.8 Å². The number of carbonyl (C=O) groups excluding carboxylic acids is 2. The Morgan fingerprint density at radius 1 is 1.27 bits per heavy atom. The highest BCUT2D eigenvalue weighted by Gasteiger charge is 2.32. The Morgan fingerprint density at radius 2 is 1.92 bits per heavy atom. The molecule has 0 spiro atoms. The highest BCUT2D eigenvalue weighted by atomic mass is 79.9. The minimum absolute atomic E-state index is 0.148. The van der Waals surface area contributed by atoms with E-state index in [0.29, 0.717) is 30.3 Å². The van der Waals surface area contributed by atoms with Gasteiger partial charge in [0.25, 0.3) is 5.91 Å². The van der Waals surface area contributed by atoms with Crippen LogP contribution in [0.25, 0.3) is 6.08 Å². The first-order valence-electron chi connectivity index (χ1n) is 7.91. The molecule has 1 amide bonds. The lowest BCUT2D eigenvalue weighted by Gasteiger charge is -2.13. The van der Waals surface area contributed by atoms with E-state index in [1.165, 1.54) is 7.11 Å². The van der Waals surface area contributed by atoms with Gasteiger partial charge in [-0.25, -0.2) is 0 Å². The number of carbonyl (C=O) groups is 2. The predicted molar refractivity (Wildman–Crippen MR) is 104 cm³/mol. The van der Waals surface area contributed by atoms with Crippen LogP contribution in [0.2, 0.25) is 0 Å². The van der Waals surface area contributed by atoms with Crippen molar-refractivity contribution in [1.82, 2.24) is 10.2 Å². The number of halogens is 1. The minimum Gasteiger partial charge on any atom is -0.493 e. The molecule has 1 heterocycles. The third-order valence-corrected chi connectivity index (χ3v) is 4.38. The molecule has 0 atom stereocenters. The molecule has 1 saturated heterocycles. The number of hydrogen-bond acceptors (Lipinski definition) is 6. The monoisotopic (exact) mass is 442 g/mol.